The summed E-state index contributed by atoms with van der Waals surface area (Å²) in [5, 5.41) is 8.88. The summed E-state index contributed by atoms with van der Waals surface area (Å²) in [6, 6.07) is 4.50. The number of hydrogen-bond acceptors (Lipinski definition) is 4. The topological polar surface area (TPSA) is 67.2 Å². The molecule has 108 valence electrons. The molecular formula is C12H10Cl3NO3S. The molecule has 0 radical (unpaired) electrons. The summed E-state index contributed by atoms with van der Waals surface area (Å²) in [5.74, 6) is 0.210. The van der Waals surface area contributed by atoms with Crippen LogP contribution < -0.4 is 4.74 Å². The Hall–Kier alpha value is -0.670. The van der Waals surface area contributed by atoms with E-state index in [2.05, 4.69) is 6.07 Å². The lowest BCUT2D eigenvalue weighted by Crippen LogP contribution is -2.13. The van der Waals surface area contributed by atoms with E-state index in [9.17, 15) is 8.42 Å². The van der Waals surface area contributed by atoms with Crippen molar-refractivity contribution in [2.24, 2.45) is 5.41 Å². The van der Waals surface area contributed by atoms with Gasteiger partial charge in [-0.2, -0.15) is 5.26 Å². The third kappa shape index (κ3) is 3.50. The number of nitriles is 1. The number of rotatable bonds is 5. The Morgan fingerprint density at radius 3 is 2.25 bits per heavy atom. The molecule has 0 N–H and O–H groups in total. The minimum atomic E-state index is -3.90. The molecule has 1 aromatic carbocycles. The van der Waals surface area contributed by atoms with Gasteiger partial charge in [-0.25, -0.2) is 8.42 Å². The second-order valence-corrected chi connectivity index (χ2v) is 8.16. The molecule has 1 aliphatic rings. The minimum absolute atomic E-state index is 0.0736. The van der Waals surface area contributed by atoms with Crippen LogP contribution in [0.4, 0.5) is 0 Å². The van der Waals surface area contributed by atoms with Gasteiger partial charge < -0.3 is 4.74 Å². The van der Waals surface area contributed by atoms with Crippen LogP contribution in [0.3, 0.4) is 0 Å². The smallest absolute Gasteiger partial charge is 0.261 e. The highest BCUT2D eigenvalue weighted by atomic mass is 35.7. The van der Waals surface area contributed by atoms with Gasteiger partial charge in [0.1, 0.15) is 0 Å². The Morgan fingerprint density at radius 1 is 1.30 bits per heavy atom. The Kier molecular flexibility index (Phi) is 4.41. The van der Waals surface area contributed by atoms with Gasteiger partial charge in [0.2, 0.25) is 0 Å². The van der Waals surface area contributed by atoms with E-state index in [-0.39, 0.29) is 26.1 Å². The van der Waals surface area contributed by atoms with Crippen LogP contribution in [0.5, 0.6) is 5.75 Å². The molecule has 1 fully saturated rings. The molecular weight excluding hydrogens is 345 g/mol. The third-order valence-electron chi connectivity index (χ3n) is 3.19. The average molecular weight is 355 g/mol. The van der Waals surface area contributed by atoms with Crippen molar-refractivity contribution in [3.8, 4) is 11.8 Å². The first-order valence-electron chi connectivity index (χ1n) is 5.71. The van der Waals surface area contributed by atoms with Gasteiger partial charge in [-0.05, 0) is 25.0 Å². The van der Waals surface area contributed by atoms with E-state index in [0.717, 1.165) is 12.8 Å². The van der Waals surface area contributed by atoms with E-state index in [1.54, 1.807) is 0 Å². The molecule has 0 saturated heterocycles. The van der Waals surface area contributed by atoms with E-state index < -0.39 is 9.05 Å². The van der Waals surface area contributed by atoms with E-state index in [1.807, 2.05) is 0 Å². The van der Waals surface area contributed by atoms with Crippen LogP contribution in [0.2, 0.25) is 10.0 Å². The Bertz CT molecular complexity index is 655. The quantitative estimate of drug-likeness (QED) is 0.750. The lowest BCUT2D eigenvalue weighted by molar-refractivity contribution is 0.237. The van der Waals surface area contributed by atoms with Gasteiger partial charge in [0.05, 0.1) is 27.6 Å². The largest absolute Gasteiger partial charge is 0.490 e. The highest BCUT2D eigenvalue weighted by molar-refractivity contribution is 8.13. The van der Waals surface area contributed by atoms with Crippen LogP contribution in [0.15, 0.2) is 17.0 Å². The summed E-state index contributed by atoms with van der Waals surface area (Å²) >= 11 is 11.9. The van der Waals surface area contributed by atoms with Gasteiger partial charge in [-0.15, -0.1) is 0 Å². The predicted octanol–water partition coefficient (Wildman–Crippen LogP) is 3.99. The molecule has 1 saturated carbocycles. The molecule has 1 aromatic rings. The summed E-state index contributed by atoms with van der Waals surface area (Å²) in [6.07, 6.45) is 2.25. The molecule has 0 atom stereocenters. The maximum atomic E-state index is 11.2. The molecule has 2 rings (SSSR count). The van der Waals surface area contributed by atoms with Gasteiger partial charge >= 0.3 is 0 Å². The van der Waals surface area contributed by atoms with Crippen LogP contribution in [0.1, 0.15) is 19.3 Å². The number of nitrogens with zero attached hydrogens (tertiary/aromatic N) is 1. The van der Waals surface area contributed by atoms with Crippen molar-refractivity contribution in [2.45, 2.75) is 24.2 Å². The summed E-state index contributed by atoms with van der Waals surface area (Å²) < 4.78 is 28.0. The first kappa shape index (κ1) is 15.7. The standard InChI is InChI=1S/C12H10Cl3NO3S/c13-9-5-8(20(15,17)18)6-10(14)11(9)19-7-12(1-2-12)3-4-16/h5-6H,1-3,7H2. The molecule has 0 heterocycles. The first-order valence-corrected chi connectivity index (χ1v) is 8.77. The Balaban J connectivity index is 2.20. The zero-order chi connectivity index (χ0) is 15.0. The zero-order valence-corrected chi connectivity index (χ0v) is 13.3. The van der Waals surface area contributed by atoms with Gasteiger partial charge in [-0.3, -0.25) is 0 Å². The van der Waals surface area contributed by atoms with Crippen molar-refractivity contribution in [1.82, 2.24) is 0 Å². The van der Waals surface area contributed by atoms with Crippen LogP contribution >= 0.6 is 33.9 Å². The van der Waals surface area contributed by atoms with Crippen LogP contribution in [-0.4, -0.2) is 15.0 Å². The second kappa shape index (κ2) is 5.61. The molecule has 20 heavy (non-hydrogen) atoms. The van der Waals surface area contributed by atoms with E-state index in [4.69, 9.17) is 43.9 Å². The lowest BCUT2D eigenvalue weighted by Gasteiger charge is -2.15. The monoisotopic (exact) mass is 353 g/mol. The van der Waals surface area contributed by atoms with Crippen LogP contribution in [0.25, 0.3) is 0 Å². The number of hydrogen-bond donors (Lipinski definition) is 0. The molecule has 0 amide bonds. The molecule has 0 aliphatic heterocycles. The summed E-state index contributed by atoms with van der Waals surface area (Å²) in [4.78, 5) is -0.181. The molecule has 0 unspecified atom stereocenters. The van der Waals surface area contributed by atoms with Crippen molar-refractivity contribution in [1.29, 1.82) is 5.26 Å². The van der Waals surface area contributed by atoms with Crippen LogP contribution in [0, 0.1) is 16.7 Å². The highest BCUT2D eigenvalue weighted by Gasteiger charge is 2.43. The van der Waals surface area contributed by atoms with Gasteiger partial charge in [-0.1, -0.05) is 23.2 Å². The minimum Gasteiger partial charge on any atom is -0.490 e. The van der Waals surface area contributed by atoms with Gasteiger partial charge in [0, 0.05) is 22.5 Å². The van der Waals surface area contributed by atoms with Gasteiger partial charge in [0.15, 0.2) is 5.75 Å². The van der Waals surface area contributed by atoms with Crippen molar-refractivity contribution in [3.63, 3.8) is 0 Å². The Labute approximate surface area is 131 Å². The SMILES string of the molecule is N#CCC1(COc2c(Cl)cc(S(=O)(=O)Cl)cc2Cl)CC1. The van der Waals surface area contributed by atoms with Crippen molar-refractivity contribution < 1.29 is 13.2 Å². The normalized spacial score (nSPS) is 16.5. The predicted molar refractivity (Wildman–Crippen MR) is 76.9 cm³/mol. The van der Waals surface area contributed by atoms with E-state index >= 15 is 0 Å². The Morgan fingerprint density at radius 2 is 1.85 bits per heavy atom. The molecule has 0 aromatic heterocycles. The van der Waals surface area contributed by atoms with Crippen molar-refractivity contribution in [3.05, 3.63) is 22.2 Å². The van der Waals surface area contributed by atoms with Crippen molar-refractivity contribution in [2.75, 3.05) is 6.61 Å². The zero-order valence-electron chi connectivity index (χ0n) is 10.2. The molecule has 0 bridgehead atoms. The number of benzene rings is 1. The molecule has 8 heteroatoms. The van der Waals surface area contributed by atoms with Gasteiger partial charge in [0.25, 0.3) is 9.05 Å². The second-order valence-electron chi connectivity index (χ2n) is 4.78. The summed E-state index contributed by atoms with van der Waals surface area (Å²) in [6.45, 7) is 0.326. The fourth-order valence-corrected chi connectivity index (χ4v) is 3.27. The molecule has 0 spiro atoms. The summed E-state index contributed by atoms with van der Waals surface area (Å²) in [7, 11) is 1.33. The fourth-order valence-electron chi connectivity index (χ4n) is 1.76. The summed E-state index contributed by atoms with van der Waals surface area (Å²) in [5.41, 5.74) is -0.126. The maximum absolute atomic E-state index is 11.2. The first-order chi connectivity index (χ1) is 9.27. The highest BCUT2D eigenvalue weighted by Crippen LogP contribution is 2.49. The van der Waals surface area contributed by atoms with E-state index in [0.29, 0.717) is 13.0 Å². The number of halogens is 3. The lowest BCUT2D eigenvalue weighted by atomic mass is 10.1. The average Bonchev–Trinajstić information content (AvgIpc) is 3.07. The van der Waals surface area contributed by atoms with Crippen molar-refractivity contribution >= 4 is 42.9 Å². The van der Waals surface area contributed by atoms with Crippen LogP contribution in [-0.2, 0) is 9.05 Å². The van der Waals surface area contributed by atoms with E-state index in [1.165, 1.54) is 12.1 Å². The third-order valence-corrected chi connectivity index (χ3v) is 5.08. The molecule has 4 nitrogen and oxygen atoms in total. The fraction of sp³-hybridized carbons (Fsp3) is 0.417. The number of ether oxygens (including phenoxy) is 1. The maximum Gasteiger partial charge on any atom is 0.261 e. The molecule has 1 aliphatic carbocycles.